The second kappa shape index (κ2) is 8.39. The Morgan fingerprint density at radius 3 is 2.77 bits per heavy atom. The minimum absolute atomic E-state index is 0.463. The zero-order valence-corrected chi connectivity index (χ0v) is 17.3. The van der Waals surface area contributed by atoms with Gasteiger partial charge in [-0.3, -0.25) is 4.98 Å². The van der Waals surface area contributed by atoms with Gasteiger partial charge in [0.1, 0.15) is 0 Å². The normalized spacial score (nSPS) is 11.2. The number of amides is 2. The third-order valence-corrected chi connectivity index (χ3v) is 5.14. The summed E-state index contributed by atoms with van der Waals surface area (Å²) in [7, 11) is 0. The van der Waals surface area contributed by atoms with Crippen molar-refractivity contribution >= 4 is 40.4 Å². The van der Waals surface area contributed by atoms with Gasteiger partial charge in [-0.25, -0.2) is 10.2 Å². The third kappa shape index (κ3) is 4.04. The molecule has 0 fully saturated rings. The topological polar surface area (TPSA) is 71.3 Å². The van der Waals surface area contributed by atoms with E-state index in [1.807, 2.05) is 44.2 Å². The van der Waals surface area contributed by atoms with Crippen LogP contribution in [0.3, 0.4) is 0 Å². The van der Waals surface area contributed by atoms with E-state index in [4.69, 9.17) is 11.6 Å². The fraction of sp³-hybridized carbons (Fsp3) is 0.0870. The highest BCUT2D eigenvalue weighted by Crippen LogP contribution is 2.23. The van der Waals surface area contributed by atoms with Crippen molar-refractivity contribution in [1.82, 2.24) is 15.0 Å². The average molecular weight is 418 g/mol. The molecule has 4 aromatic rings. The molecular weight excluding hydrogens is 398 g/mol. The van der Waals surface area contributed by atoms with E-state index in [1.165, 1.54) is 0 Å². The number of urea groups is 1. The van der Waals surface area contributed by atoms with Gasteiger partial charge in [-0.15, -0.1) is 0 Å². The lowest BCUT2D eigenvalue weighted by atomic mass is 10.2. The van der Waals surface area contributed by atoms with E-state index in [0.717, 1.165) is 33.5 Å². The van der Waals surface area contributed by atoms with Gasteiger partial charge < -0.3 is 9.88 Å². The smallest absolute Gasteiger partial charge is 0.318 e. The lowest BCUT2D eigenvalue weighted by Gasteiger charge is -2.10. The second-order valence-electron chi connectivity index (χ2n) is 6.85. The number of anilines is 1. The van der Waals surface area contributed by atoms with Crippen molar-refractivity contribution < 1.29 is 4.79 Å². The number of aromatic nitrogens is 2. The van der Waals surface area contributed by atoms with Crippen molar-refractivity contribution in [3.8, 4) is 5.69 Å². The number of halogens is 1. The number of para-hydroxylation sites is 1. The van der Waals surface area contributed by atoms with Crippen LogP contribution in [0.4, 0.5) is 10.5 Å². The Labute approximate surface area is 179 Å². The molecule has 7 heteroatoms. The monoisotopic (exact) mass is 417 g/mol. The van der Waals surface area contributed by atoms with Gasteiger partial charge in [0, 0.05) is 34.2 Å². The number of hydrogen-bond donors (Lipinski definition) is 2. The number of nitrogens with zero attached hydrogens (tertiary/aromatic N) is 3. The molecule has 0 atom stereocenters. The Morgan fingerprint density at radius 1 is 1.10 bits per heavy atom. The van der Waals surface area contributed by atoms with Gasteiger partial charge in [0.25, 0.3) is 0 Å². The number of nitrogens with one attached hydrogen (secondary N) is 2. The van der Waals surface area contributed by atoms with E-state index < -0.39 is 6.03 Å². The van der Waals surface area contributed by atoms with Gasteiger partial charge >= 0.3 is 6.03 Å². The molecule has 2 amide bonds. The fourth-order valence-electron chi connectivity index (χ4n) is 3.39. The summed E-state index contributed by atoms with van der Waals surface area (Å²) in [6.07, 6.45) is 3.42. The molecule has 6 nitrogen and oxygen atoms in total. The molecule has 2 aromatic carbocycles. The molecule has 30 heavy (non-hydrogen) atoms. The fourth-order valence-corrected chi connectivity index (χ4v) is 3.57. The average Bonchev–Trinajstić information content (AvgIpc) is 3.02. The van der Waals surface area contributed by atoms with Crippen LogP contribution in [0, 0.1) is 13.8 Å². The minimum atomic E-state index is -0.463. The first-order chi connectivity index (χ1) is 14.5. The van der Waals surface area contributed by atoms with Crippen molar-refractivity contribution in [2.45, 2.75) is 13.8 Å². The molecule has 0 spiro atoms. The number of fused-ring (bicyclic) bond motifs is 1. The largest absolute Gasteiger partial charge is 0.339 e. The first-order valence-electron chi connectivity index (χ1n) is 9.41. The van der Waals surface area contributed by atoms with Gasteiger partial charge in [0.2, 0.25) is 0 Å². The summed E-state index contributed by atoms with van der Waals surface area (Å²) in [4.78, 5) is 16.4. The van der Waals surface area contributed by atoms with E-state index in [0.29, 0.717) is 10.7 Å². The van der Waals surface area contributed by atoms with Crippen LogP contribution in [0.5, 0.6) is 0 Å². The van der Waals surface area contributed by atoms with Gasteiger partial charge in [-0.2, -0.15) is 5.10 Å². The molecule has 2 N–H and O–H groups in total. The Morgan fingerprint density at radius 2 is 1.93 bits per heavy atom. The number of rotatable bonds is 4. The van der Waals surface area contributed by atoms with E-state index >= 15 is 0 Å². The molecule has 0 bridgehead atoms. The molecule has 0 unspecified atom stereocenters. The minimum Gasteiger partial charge on any atom is -0.318 e. The summed E-state index contributed by atoms with van der Waals surface area (Å²) >= 11 is 6.05. The molecule has 150 valence electrons. The number of carbonyl (C=O) groups excluding carboxylic acids is 1. The number of aryl methyl sites for hydroxylation is 1. The van der Waals surface area contributed by atoms with E-state index in [-0.39, 0.29) is 0 Å². The maximum atomic E-state index is 12.1. The zero-order chi connectivity index (χ0) is 21.1. The maximum Gasteiger partial charge on any atom is 0.339 e. The Balaban J connectivity index is 1.51. The van der Waals surface area contributed by atoms with Crippen LogP contribution >= 0.6 is 11.6 Å². The molecule has 0 saturated heterocycles. The predicted molar refractivity (Wildman–Crippen MR) is 122 cm³/mol. The van der Waals surface area contributed by atoms with Crippen LogP contribution in [-0.4, -0.2) is 21.8 Å². The van der Waals surface area contributed by atoms with Crippen LogP contribution < -0.4 is 10.7 Å². The predicted octanol–water partition coefficient (Wildman–Crippen LogP) is 5.45. The number of pyridine rings is 1. The number of benzene rings is 2. The van der Waals surface area contributed by atoms with Crippen molar-refractivity contribution in [1.29, 1.82) is 0 Å². The summed E-state index contributed by atoms with van der Waals surface area (Å²) in [5.41, 5.74) is 8.00. The third-order valence-electron chi connectivity index (χ3n) is 4.81. The zero-order valence-electron chi connectivity index (χ0n) is 16.6. The van der Waals surface area contributed by atoms with Crippen molar-refractivity contribution in [2.75, 3.05) is 5.32 Å². The quantitative estimate of drug-likeness (QED) is 0.342. The molecule has 0 aliphatic rings. The lowest BCUT2D eigenvalue weighted by Crippen LogP contribution is -2.24. The summed E-state index contributed by atoms with van der Waals surface area (Å²) in [5, 5.41) is 8.28. The summed E-state index contributed by atoms with van der Waals surface area (Å²) in [6, 6.07) is 18.7. The number of hydrogen-bond acceptors (Lipinski definition) is 3. The summed E-state index contributed by atoms with van der Waals surface area (Å²) in [5.74, 6) is 0. The van der Waals surface area contributed by atoms with E-state index in [1.54, 1.807) is 36.7 Å². The SMILES string of the molecule is Cc1cc(/C=N/NC(=O)Nc2ccccc2Cl)c(C)n1-c1ccc2ncccc2c1. The molecule has 2 aromatic heterocycles. The van der Waals surface area contributed by atoms with Crippen molar-refractivity contribution in [2.24, 2.45) is 5.10 Å². The summed E-state index contributed by atoms with van der Waals surface area (Å²) < 4.78 is 2.15. The molecule has 2 heterocycles. The number of carbonyl (C=O) groups is 1. The van der Waals surface area contributed by atoms with Gasteiger partial charge in [0.15, 0.2) is 0 Å². The first-order valence-corrected chi connectivity index (χ1v) is 9.79. The van der Waals surface area contributed by atoms with E-state index in [9.17, 15) is 4.79 Å². The van der Waals surface area contributed by atoms with Gasteiger partial charge in [-0.1, -0.05) is 29.8 Å². The molecule has 4 rings (SSSR count). The van der Waals surface area contributed by atoms with Crippen LogP contribution in [0.25, 0.3) is 16.6 Å². The Bertz CT molecular complexity index is 1260. The molecule has 0 aliphatic carbocycles. The Kier molecular flexibility index (Phi) is 5.50. The van der Waals surface area contributed by atoms with Crippen LogP contribution in [0.2, 0.25) is 5.02 Å². The first kappa shape index (κ1) is 19.7. The second-order valence-corrected chi connectivity index (χ2v) is 7.25. The molecule has 0 radical (unpaired) electrons. The maximum absolute atomic E-state index is 12.1. The van der Waals surface area contributed by atoms with Gasteiger partial charge in [0.05, 0.1) is 22.4 Å². The highest BCUT2D eigenvalue weighted by atomic mass is 35.5. The lowest BCUT2D eigenvalue weighted by molar-refractivity contribution is 0.252. The van der Waals surface area contributed by atoms with E-state index in [2.05, 4.69) is 31.5 Å². The van der Waals surface area contributed by atoms with Crippen LogP contribution in [0.1, 0.15) is 17.0 Å². The highest BCUT2D eigenvalue weighted by molar-refractivity contribution is 6.33. The Hall–Kier alpha value is -3.64. The van der Waals surface area contributed by atoms with Crippen molar-refractivity contribution in [3.63, 3.8) is 0 Å². The van der Waals surface area contributed by atoms with Crippen LogP contribution in [0.15, 0.2) is 72.0 Å². The highest BCUT2D eigenvalue weighted by Gasteiger charge is 2.10. The van der Waals surface area contributed by atoms with Crippen molar-refractivity contribution in [3.05, 3.63) is 88.8 Å². The molecule has 0 aliphatic heterocycles. The summed E-state index contributed by atoms with van der Waals surface area (Å²) in [6.45, 7) is 4.06. The molecule has 0 saturated carbocycles. The van der Waals surface area contributed by atoms with Gasteiger partial charge in [-0.05, 0) is 56.3 Å². The standard InChI is InChI=1S/C23H20ClN5O/c1-15-12-18(14-26-28-23(30)27-22-8-4-3-7-20(22)24)16(2)29(15)19-9-10-21-17(13-19)6-5-11-25-21/h3-14H,1-2H3,(H2,27,28,30)/b26-14+. The number of hydrazone groups is 1. The van der Waals surface area contributed by atoms with Crippen LogP contribution in [-0.2, 0) is 0 Å². The molecular formula is C23H20ClN5O.